The quantitative estimate of drug-likeness (QED) is 0.683. The van der Waals surface area contributed by atoms with Crippen molar-refractivity contribution in [1.82, 2.24) is 15.5 Å². The second kappa shape index (κ2) is 9.14. The van der Waals surface area contributed by atoms with Crippen LogP contribution in [0.2, 0.25) is 0 Å². The number of aromatic nitrogens is 2. The van der Waals surface area contributed by atoms with Gasteiger partial charge in [-0.3, -0.25) is 4.79 Å². The molecule has 1 aromatic carbocycles. The van der Waals surface area contributed by atoms with Gasteiger partial charge in [-0.25, -0.2) is 0 Å². The number of nitrogens with zero attached hydrogens (tertiary/aromatic N) is 2. The van der Waals surface area contributed by atoms with Gasteiger partial charge in [0.25, 0.3) is 5.22 Å². The maximum Gasteiger partial charge on any atom is 0.387 e. The molecule has 0 saturated carbocycles. The van der Waals surface area contributed by atoms with Gasteiger partial charge in [0.2, 0.25) is 11.8 Å². The fraction of sp³-hybridized carbons (Fsp3) is 0.471. The van der Waals surface area contributed by atoms with E-state index in [1.807, 2.05) is 0 Å². The molecule has 2 atom stereocenters. The molecule has 1 fully saturated rings. The van der Waals surface area contributed by atoms with Crippen molar-refractivity contribution in [1.29, 1.82) is 0 Å². The Morgan fingerprint density at radius 2 is 2.15 bits per heavy atom. The third-order valence-electron chi connectivity index (χ3n) is 3.91. The molecular weight excluding hydrogens is 380 g/mol. The fourth-order valence-corrected chi connectivity index (χ4v) is 3.23. The predicted molar refractivity (Wildman–Crippen MR) is 93.7 cm³/mol. The third-order valence-corrected chi connectivity index (χ3v) is 4.84. The number of halogens is 2. The molecule has 27 heavy (non-hydrogen) atoms. The van der Waals surface area contributed by atoms with E-state index in [4.69, 9.17) is 9.15 Å². The normalized spacial score (nSPS) is 17.9. The maximum atomic E-state index is 12.2. The Bertz CT molecular complexity index is 751. The second-order valence-corrected chi connectivity index (χ2v) is 7.21. The number of carbonyl (C=O) groups excluding carboxylic acids is 1. The first-order chi connectivity index (χ1) is 13.0. The molecule has 1 N–H and O–H groups in total. The molecule has 146 valence electrons. The van der Waals surface area contributed by atoms with Crippen LogP contribution in [0.5, 0.6) is 5.75 Å². The lowest BCUT2D eigenvalue weighted by atomic mass is 10.2. The Balaban J connectivity index is 1.52. The highest BCUT2D eigenvalue weighted by atomic mass is 32.2. The van der Waals surface area contributed by atoms with Gasteiger partial charge in [0.1, 0.15) is 5.75 Å². The van der Waals surface area contributed by atoms with E-state index in [2.05, 4.69) is 20.3 Å². The number of thioether (sulfide) groups is 1. The zero-order valence-electron chi connectivity index (χ0n) is 14.6. The van der Waals surface area contributed by atoms with Gasteiger partial charge >= 0.3 is 6.61 Å². The molecular formula is C17H19F2N3O4S. The molecule has 1 aromatic heterocycles. The van der Waals surface area contributed by atoms with Gasteiger partial charge in [-0.1, -0.05) is 11.8 Å². The van der Waals surface area contributed by atoms with Gasteiger partial charge in [-0.2, -0.15) is 8.78 Å². The molecule has 1 amide bonds. The summed E-state index contributed by atoms with van der Waals surface area (Å²) in [6, 6.07) is 5.86. The zero-order chi connectivity index (χ0) is 19.2. The van der Waals surface area contributed by atoms with Crippen molar-refractivity contribution < 1.29 is 27.5 Å². The molecule has 0 radical (unpaired) electrons. The van der Waals surface area contributed by atoms with E-state index < -0.39 is 11.9 Å². The highest BCUT2D eigenvalue weighted by molar-refractivity contribution is 8.00. The fourth-order valence-electron chi connectivity index (χ4n) is 2.52. The lowest BCUT2D eigenvalue weighted by molar-refractivity contribution is -0.120. The highest BCUT2D eigenvalue weighted by Crippen LogP contribution is 2.27. The van der Waals surface area contributed by atoms with Crippen molar-refractivity contribution >= 4 is 17.7 Å². The molecule has 1 aliphatic rings. The Morgan fingerprint density at radius 1 is 1.37 bits per heavy atom. The van der Waals surface area contributed by atoms with E-state index >= 15 is 0 Å². The summed E-state index contributed by atoms with van der Waals surface area (Å²) in [6.07, 6.45) is 2.05. The van der Waals surface area contributed by atoms with Crippen LogP contribution >= 0.6 is 11.8 Å². The Kier molecular flexibility index (Phi) is 6.62. The molecule has 0 unspecified atom stereocenters. The number of hydrogen-bond acceptors (Lipinski definition) is 7. The molecule has 3 rings (SSSR count). The van der Waals surface area contributed by atoms with Crippen LogP contribution in [-0.2, 0) is 9.53 Å². The van der Waals surface area contributed by atoms with Gasteiger partial charge in [-0.15, -0.1) is 10.2 Å². The first kappa shape index (κ1) is 19.6. The van der Waals surface area contributed by atoms with Crippen LogP contribution in [0.3, 0.4) is 0 Å². The van der Waals surface area contributed by atoms with Crippen LogP contribution in [0.15, 0.2) is 33.9 Å². The predicted octanol–water partition coefficient (Wildman–Crippen LogP) is 3.11. The number of ether oxygens (including phenoxy) is 2. The minimum Gasteiger partial charge on any atom is -0.435 e. The third kappa shape index (κ3) is 5.64. The number of amides is 1. The number of carbonyl (C=O) groups is 1. The summed E-state index contributed by atoms with van der Waals surface area (Å²) >= 11 is 1.14. The second-order valence-electron chi connectivity index (χ2n) is 5.92. The number of hydrogen-bond donors (Lipinski definition) is 1. The van der Waals surface area contributed by atoms with Crippen LogP contribution in [0.4, 0.5) is 8.78 Å². The van der Waals surface area contributed by atoms with Crippen molar-refractivity contribution in [2.75, 3.05) is 13.2 Å². The maximum absolute atomic E-state index is 12.2. The number of nitrogens with one attached hydrogen (secondary N) is 1. The lowest BCUT2D eigenvalue weighted by Crippen LogP contribution is -2.36. The van der Waals surface area contributed by atoms with Crippen molar-refractivity contribution in [3.63, 3.8) is 0 Å². The van der Waals surface area contributed by atoms with Crippen LogP contribution in [0, 0.1) is 0 Å². The summed E-state index contributed by atoms with van der Waals surface area (Å²) in [7, 11) is 0. The molecule has 2 heterocycles. The highest BCUT2D eigenvalue weighted by Gasteiger charge is 2.21. The van der Waals surface area contributed by atoms with E-state index in [9.17, 15) is 13.6 Å². The van der Waals surface area contributed by atoms with Crippen molar-refractivity contribution in [2.24, 2.45) is 0 Å². The average molecular weight is 399 g/mol. The summed E-state index contributed by atoms with van der Waals surface area (Å²) in [5, 5.41) is 10.5. The molecule has 10 heteroatoms. The molecule has 7 nitrogen and oxygen atoms in total. The standard InChI is InChI=1S/C17H19F2N3O4S/c1-10(14(23)20-9-13-3-2-8-24-13)27-17-22-21-15(26-17)11-4-6-12(7-5-11)25-16(18)19/h4-7,10,13,16H,2-3,8-9H2,1H3,(H,20,23)/t10-,13+/m1/s1. The molecule has 0 aliphatic carbocycles. The van der Waals surface area contributed by atoms with Gasteiger partial charge in [0, 0.05) is 18.7 Å². The molecule has 0 bridgehead atoms. The summed E-state index contributed by atoms with van der Waals surface area (Å²) < 4.78 is 39.6. The van der Waals surface area contributed by atoms with Gasteiger partial charge in [0.05, 0.1) is 11.4 Å². The first-order valence-corrected chi connectivity index (χ1v) is 9.34. The minimum atomic E-state index is -2.88. The zero-order valence-corrected chi connectivity index (χ0v) is 15.4. The molecule has 2 aromatic rings. The Labute approximate surface area is 158 Å². The SMILES string of the molecule is C[C@@H](Sc1nnc(-c2ccc(OC(F)F)cc2)o1)C(=O)NC[C@@H]1CCCO1. The van der Waals surface area contributed by atoms with Crippen molar-refractivity contribution in [2.45, 2.75) is 43.0 Å². The molecule has 0 spiro atoms. The monoisotopic (exact) mass is 399 g/mol. The van der Waals surface area contributed by atoms with E-state index in [-0.39, 0.29) is 28.9 Å². The minimum absolute atomic E-state index is 0.0411. The summed E-state index contributed by atoms with van der Waals surface area (Å²) in [4.78, 5) is 12.2. The first-order valence-electron chi connectivity index (χ1n) is 8.46. The van der Waals surface area contributed by atoms with E-state index in [0.717, 1.165) is 31.2 Å². The summed E-state index contributed by atoms with van der Waals surface area (Å²) in [5.74, 6) is 0.135. The van der Waals surface area contributed by atoms with Crippen LogP contribution in [-0.4, -0.2) is 47.2 Å². The largest absolute Gasteiger partial charge is 0.435 e. The lowest BCUT2D eigenvalue weighted by Gasteiger charge is -2.13. The average Bonchev–Trinajstić information content (AvgIpc) is 3.31. The van der Waals surface area contributed by atoms with Gasteiger partial charge in [-0.05, 0) is 44.0 Å². The number of rotatable bonds is 8. The number of alkyl halides is 2. The number of benzene rings is 1. The molecule has 1 saturated heterocycles. The summed E-state index contributed by atoms with van der Waals surface area (Å²) in [5.41, 5.74) is 0.562. The van der Waals surface area contributed by atoms with E-state index in [1.54, 1.807) is 6.92 Å². The van der Waals surface area contributed by atoms with Gasteiger partial charge in [0.15, 0.2) is 0 Å². The van der Waals surface area contributed by atoms with Crippen LogP contribution in [0.25, 0.3) is 11.5 Å². The van der Waals surface area contributed by atoms with E-state index in [1.165, 1.54) is 24.3 Å². The van der Waals surface area contributed by atoms with Crippen LogP contribution in [0.1, 0.15) is 19.8 Å². The Morgan fingerprint density at radius 3 is 2.81 bits per heavy atom. The Hall–Kier alpha value is -2.20. The summed E-state index contributed by atoms with van der Waals surface area (Å²) in [6.45, 7) is 0.0992. The van der Waals surface area contributed by atoms with Gasteiger partial charge < -0.3 is 19.2 Å². The van der Waals surface area contributed by atoms with Crippen LogP contribution < -0.4 is 10.1 Å². The van der Waals surface area contributed by atoms with Crippen molar-refractivity contribution in [3.05, 3.63) is 24.3 Å². The van der Waals surface area contributed by atoms with E-state index in [0.29, 0.717) is 12.1 Å². The smallest absolute Gasteiger partial charge is 0.387 e. The topological polar surface area (TPSA) is 86.5 Å². The molecule has 1 aliphatic heterocycles. The van der Waals surface area contributed by atoms with Crippen molar-refractivity contribution in [3.8, 4) is 17.2 Å².